The Bertz CT molecular complexity index is 669. The lowest BCUT2D eigenvalue weighted by molar-refractivity contribution is -0.119. The summed E-state index contributed by atoms with van der Waals surface area (Å²) >= 11 is 6.16. The van der Waals surface area contributed by atoms with Crippen molar-refractivity contribution in [2.45, 2.75) is 26.3 Å². The molecule has 2 aromatic heterocycles. The largest absolute Gasteiger partial charge is 0.354 e. The van der Waals surface area contributed by atoms with Gasteiger partial charge in [-0.3, -0.25) is 4.79 Å². The molecule has 1 unspecified atom stereocenters. The molecule has 0 saturated carbocycles. The van der Waals surface area contributed by atoms with Crippen LogP contribution in [0.15, 0.2) is 6.33 Å². The Balaban J connectivity index is 1.96. The number of nitrogens with one attached hydrogen (secondary N) is 1. The number of nitrogens with zero attached hydrogens (tertiary/aromatic N) is 5. The second kappa shape index (κ2) is 4.90. The van der Waals surface area contributed by atoms with Crippen LogP contribution in [0.3, 0.4) is 0 Å². The SMILES string of the molecule is CC(=O)NC1CCN(c2c(C)c(Cl)nc3ncnn23)C1. The van der Waals surface area contributed by atoms with Gasteiger partial charge in [0.05, 0.1) is 0 Å². The fourth-order valence-corrected chi connectivity index (χ4v) is 2.77. The number of anilines is 1. The monoisotopic (exact) mass is 294 g/mol. The number of fused-ring (bicyclic) bond motifs is 1. The molecule has 1 N–H and O–H groups in total. The Morgan fingerprint density at radius 2 is 2.35 bits per heavy atom. The predicted molar refractivity (Wildman–Crippen MR) is 75.0 cm³/mol. The Morgan fingerprint density at radius 1 is 1.55 bits per heavy atom. The molecule has 0 spiro atoms. The molecule has 0 aromatic carbocycles. The number of rotatable bonds is 2. The minimum atomic E-state index is -0.00719. The van der Waals surface area contributed by atoms with Gasteiger partial charge in [0.15, 0.2) is 0 Å². The average molecular weight is 295 g/mol. The second-order valence-corrected chi connectivity index (χ2v) is 5.31. The van der Waals surface area contributed by atoms with Crippen molar-refractivity contribution in [2.24, 2.45) is 0 Å². The molecule has 0 aliphatic carbocycles. The van der Waals surface area contributed by atoms with E-state index in [0.717, 1.165) is 30.9 Å². The summed E-state index contributed by atoms with van der Waals surface area (Å²) in [7, 11) is 0. The van der Waals surface area contributed by atoms with E-state index < -0.39 is 0 Å². The molecule has 1 saturated heterocycles. The van der Waals surface area contributed by atoms with Gasteiger partial charge in [-0.25, -0.2) is 0 Å². The van der Waals surface area contributed by atoms with E-state index in [2.05, 4.69) is 25.3 Å². The zero-order valence-electron chi connectivity index (χ0n) is 11.3. The molecule has 0 bridgehead atoms. The summed E-state index contributed by atoms with van der Waals surface area (Å²) in [6.45, 7) is 5.02. The van der Waals surface area contributed by atoms with E-state index in [-0.39, 0.29) is 11.9 Å². The van der Waals surface area contributed by atoms with Crippen molar-refractivity contribution in [1.82, 2.24) is 24.9 Å². The molecule has 20 heavy (non-hydrogen) atoms. The van der Waals surface area contributed by atoms with Gasteiger partial charge >= 0.3 is 0 Å². The lowest BCUT2D eigenvalue weighted by atomic mass is 10.2. The van der Waals surface area contributed by atoms with Gasteiger partial charge in [0.1, 0.15) is 17.3 Å². The van der Waals surface area contributed by atoms with Gasteiger partial charge < -0.3 is 10.2 Å². The highest BCUT2D eigenvalue weighted by atomic mass is 35.5. The first-order chi connectivity index (χ1) is 9.56. The van der Waals surface area contributed by atoms with Crippen molar-refractivity contribution in [2.75, 3.05) is 18.0 Å². The molecule has 1 amide bonds. The van der Waals surface area contributed by atoms with Crippen molar-refractivity contribution in [3.8, 4) is 0 Å². The van der Waals surface area contributed by atoms with Crippen LogP contribution in [0, 0.1) is 6.92 Å². The molecule has 106 valence electrons. The standard InChI is InChI=1S/C12H15ClN6O/c1-7-10(13)17-12-14-6-15-19(12)11(7)18-4-3-9(5-18)16-8(2)20/h6,9H,3-5H2,1-2H3,(H,16,20). The van der Waals surface area contributed by atoms with E-state index in [1.807, 2.05) is 6.92 Å². The number of carbonyl (C=O) groups is 1. The topological polar surface area (TPSA) is 75.4 Å². The van der Waals surface area contributed by atoms with Crippen LogP contribution in [0.1, 0.15) is 18.9 Å². The summed E-state index contributed by atoms with van der Waals surface area (Å²) in [4.78, 5) is 21.6. The number of hydrogen-bond acceptors (Lipinski definition) is 5. The minimum absolute atomic E-state index is 0.00719. The van der Waals surface area contributed by atoms with E-state index in [4.69, 9.17) is 11.6 Å². The van der Waals surface area contributed by atoms with Crippen LogP contribution >= 0.6 is 11.6 Å². The number of halogens is 1. The highest BCUT2D eigenvalue weighted by molar-refractivity contribution is 6.30. The van der Waals surface area contributed by atoms with Crippen molar-refractivity contribution >= 4 is 29.1 Å². The fraction of sp³-hybridized carbons (Fsp3) is 0.500. The van der Waals surface area contributed by atoms with Crippen LogP contribution in [0.25, 0.3) is 5.78 Å². The first-order valence-electron chi connectivity index (χ1n) is 6.44. The van der Waals surface area contributed by atoms with Crippen LogP contribution in [0.5, 0.6) is 0 Å². The Morgan fingerprint density at radius 3 is 3.10 bits per heavy atom. The van der Waals surface area contributed by atoms with Gasteiger partial charge in [0, 0.05) is 31.6 Å². The van der Waals surface area contributed by atoms with Crippen LogP contribution in [-0.4, -0.2) is 44.6 Å². The number of amides is 1. The summed E-state index contributed by atoms with van der Waals surface area (Å²) in [6.07, 6.45) is 2.36. The van der Waals surface area contributed by atoms with Gasteiger partial charge in [-0.1, -0.05) is 11.6 Å². The fourth-order valence-electron chi connectivity index (χ4n) is 2.61. The lowest BCUT2D eigenvalue weighted by Crippen LogP contribution is -2.36. The molecule has 3 rings (SSSR count). The summed E-state index contributed by atoms with van der Waals surface area (Å²) in [6, 6.07) is 0.150. The van der Waals surface area contributed by atoms with Crippen molar-refractivity contribution in [3.05, 3.63) is 17.0 Å². The van der Waals surface area contributed by atoms with Gasteiger partial charge in [0.2, 0.25) is 5.91 Å². The lowest BCUT2D eigenvalue weighted by Gasteiger charge is -2.21. The Kier molecular flexibility index (Phi) is 3.21. The quantitative estimate of drug-likeness (QED) is 0.829. The first-order valence-corrected chi connectivity index (χ1v) is 6.82. The predicted octanol–water partition coefficient (Wildman–Crippen LogP) is 0.801. The molecule has 1 aliphatic heterocycles. The Labute approximate surface area is 121 Å². The first kappa shape index (κ1) is 13.1. The number of hydrogen-bond donors (Lipinski definition) is 1. The minimum Gasteiger partial charge on any atom is -0.354 e. The van der Waals surface area contributed by atoms with E-state index in [0.29, 0.717) is 10.9 Å². The molecule has 2 aromatic rings. The maximum Gasteiger partial charge on any atom is 0.255 e. The van der Waals surface area contributed by atoms with Crippen LogP contribution in [-0.2, 0) is 4.79 Å². The smallest absolute Gasteiger partial charge is 0.255 e. The van der Waals surface area contributed by atoms with E-state index in [9.17, 15) is 4.79 Å². The maximum atomic E-state index is 11.1. The summed E-state index contributed by atoms with van der Waals surface area (Å²) < 4.78 is 1.69. The molecule has 1 aliphatic rings. The highest BCUT2D eigenvalue weighted by Gasteiger charge is 2.27. The molecule has 8 heteroatoms. The van der Waals surface area contributed by atoms with E-state index >= 15 is 0 Å². The highest BCUT2D eigenvalue weighted by Crippen LogP contribution is 2.28. The van der Waals surface area contributed by atoms with Crippen LogP contribution < -0.4 is 10.2 Å². The van der Waals surface area contributed by atoms with Crippen molar-refractivity contribution in [3.63, 3.8) is 0 Å². The third-order valence-electron chi connectivity index (χ3n) is 3.47. The molecule has 1 fully saturated rings. The van der Waals surface area contributed by atoms with Crippen LogP contribution in [0.2, 0.25) is 5.15 Å². The molecule has 0 radical (unpaired) electrons. The molecule has 7 nitrogen and oxygen atoms in total. The number of carbonyl (C=O) groups excluding carboxylic acids is 1. The summed E-state index contributed by atoms with van der Waals surface area (Å²) in [5, 5.41) is 7.58. The normalized spacial score (nSPS) is 18.8. The number of aromatic nitrogens is 4. The summed E-state index contributed by atoms with van der Waals surface area (Å²) in [5.41, 5.74) is 0.869. The van der Waals surface area contributed by atoms with Gasteiger partial charge in [-0.05, 0) is 13.3 Å². The van der Waals surface area contributed by atoms with Gasteiger partial charge in [0.25, 0.3) is 5.78 Å². The van der Waals surface area contributed by atoms with Crippen LogP contribution in [0.4, 0.5) is 5.82 Å². The average Bonchev–Trinajstić information content (AvgIpc) is 2.99. The van der Waals surface area contributed by atoms with Gasteiger partial charge in [-0.15, -0.1) is 0 Å². The van der Waals surface area contributed by atoms with E-state index in [1.165, 1.54) is 13.3 Å². The van der Waals surface area contributed by atoms with Gasteiger partial charge in [-0.2, -0.15) is 19.6 Å². The zero-order valence-corrected chi connectivity index (χ0v) is 12.1. The third kappa shape index (κ3) is 2.18. The molecular formula is C12H15ClN6O. The molecular weight excluding hydrogens is 280 g/mol. The molecule has 3 heterocycles. The Hall–Kier alpha value is -1.89. The van der Waals surface area contributed by atoms with Crippen molar-refractivity contribution < 1.29 is 4.79 Å². The maximum absolute atomic E-state index is 11.1. The zero-order chi connectivity index (χ0) is 14.3. The third-order valence-corrected chi connectivity index (χ3v) is 3.84. The van der Waals surface area contributed by atoms with Crippen molar-refractivity contribution in [1.29, 1.82) is 0 Å². The summed E-state index contributed by atoms with van der Waals surface area (Å²) in [5.74, 6) is 1.37. The van der Waals surface area contributed by atoms with E-state index in [1.54, 1.807) is 4.52 Å². The second-order valence-electron chi connectivity index (χ2n) is 4.96. The molecule has 1 atom stereocenters.